The Kier molecular flexibility index (Phi) is 5.24. The van der Waals surface area contributed by atoms with Crippen LogP contribution < -0.4 is 0 Å². The lowest BCUT2D eigenvalue weighted by Crippen LogP contribution is -2.48. The topological polar surface area (TPSA) is 70.0 Å². The van der Waals surface area contributed by atoms with Crippen molar-refractivity contribution >= 4 is 15.7 Å². The summed E-state index contributed by atoms with van der Waals surface area (Å²) in [4.78, 5) is 0. The fourth-order valence-corrected chi connectivity index (χ4v) is 4.76. The molecule has 0 bridgehead atoms. The summed E-state index contributed by atoms with van der Waals surface area (Å²) in [5.74, 6) is 0.193. The standard InChI is InChI=1S/C16H24N2O3S/c1-3-13-22(20,21)18-11-9-16(10-12-18,14(2)17-19)15-7-5-4-6-8-15/h4-8,19H,3,9-13H2,1-2H3/b17-14-. The van der Waals surface area contributed by atoms with Crippen LogP contribution in [-0.4, -0.2) is 42.5 Å². The number of oxime groups is 1. The highest BCUT2D eigenvalue weighted by Crippen LogP contribution is 2.37. The third-order valence-electron chi connectivity index (χ3n) is 4.60. The van der Waals surface area contributed by atoms with E-state index in [1.165, 1.54) is 0 Å². The monoisotopic (exact) mass is 324 g/mol. The molecule has 1 aromatic carbocycles. The quantitative estimate of drug-likeness (QED) is 0.514. The summed E-state index contributed by atoms with van der Waals surface area (Å²) in [5, 5.41) is 12.7. The lowest BCUT2D eigenvalue weighted by Gasteiger charge is -2.41. The van der Waals surface area contributed by atoms with Gasteiger partial charge in [0.1, 0.15) is 0 Å². The van der Waals surface area contributed by atoms with E-state index in [9.17, 15) is 13.6 Å². The van der Waals surface area contributed by atoms with E-state index in [0.717, 1.165) is 5.56 Å². The molecule has 1 heterocycles. The van der Waals surface area contributed by atoms with Crippen LogP contribution in [0.4, 0.5) is 0 Å². The Morgan fingerprint density at radius 3 is 2.36 bits per heavy atom. The van der Waals surface area contributed by atoms with Crippen LogP contribution in [0.15, 0.2) is 35.5 Å². The van der Waals surface area contributed by atoms with Crippen molar-refractivity contribution in [3.63, 3.8) is 0 Å². The number of benzene rings is 1. The first-order valence-electron chi connectivity index (χ1n) is 7.69. The van der Waals surface area contributed by atoms with Gasteiger partial charge in [-0.2, -0.15) is 0 Å². The Morgan fingerprint density at radius 1 is 1.27 bits per heavy atom. The summed E-state index contributed by atoms with van der Waals surface area (Å²) in [6.07, 6.45) is 1.89. The van der Waals surface area contributed by atoms with Crippen molar-refractivity contribution in [3.8, 4) is 0 Å². The van der Waals surface area contributed by atoms with Crippen LogP contribution in [0.3, 0.4) is 0 Å². The largest absolute Gasteiger partial charge is 0.411 e. The highest BCUT2D eigenvalue weighted by atomic mass is 32.2. The molecule has 1 N–H and O–H groups in total. The summed E-state index contributed by atoms with van der Waals surface area (Å²) >= 11 is 0. The number of hydrogen-bond donors (Lipinski definition) is 1. The van der Waals surface area contributed by atoms with Gasteiger partial charge in [-0.05, 0) is 31.7 Å². The Labute approximate surface area is 132 Å². The van der Waals surface area contributed by atoms with Gasteiger partial charge >= 0.3 is 0 Å². The van der Waals surface area contributed by atoms with Crippen molar-refractivity contribution in [3.05, 3.63) is 35.9 Å². The highest BCUT2D eigenvalue weighted by molar-refractivity contribution is 7.89. The van der Waals surface area contributed by atoms with Crippen molar-refractivity contribution in [1.29, 1.82) is 0 Å². The van der Waals surface area contributed by atoms with E-state index in [0.29, 0.717) is 38.1 Å². The Bertz CT molecular complexity index is 618. The Morgan fingerprint density at radius 2 is 1.86 bits per heavy atom. The van der Waals surface area contributed by atoms with Crippen LogP contribution in [0, 0.1) is 0 Å². The predicted octanol–water partition coefficient (Wildman–Crippen LogP) is 2.61. The lowest BCUT2D eigenvalue weighted by molar-refractivity contribution is 0.268. The van der Waals surface area contributed by atoms with Gasteiger partial charge in [-0.3, -0.25) is 0 Å². The SMILES string of the molecule is CCCS(=O)(=O)N1CCC(/C(C)=N\O)(c2ccccc2)CC1. The second-order valence-electron chi connectivity index (χ2n) is 5.85. The second kappa shape index (κ2) is 6.79. The average molecular weight is 324 g/mol. The molecule has 22 heavy (non-hydrogen) atoms. The minimum Gasteiger partial charge on any atom is -0.411 e. The van der Waals surface area contributed by atoms with Crippen LogP contribution in [0.1, 0.15) is 38.7 Å². The molecule has 5 nitrogen and oxygen atoms in total. The number of hydrogen-bond acceptors (Lipinski definition) is 4. The van der Waals surface area contributed by atoms with Crippen molar-refractivity contribution in [2.45, 2.75) is 38.5 Å². The second-order valence-corrected chi connectivity index (χ2v) is 7.94. The molecule has 2 rings (SSSR count). The average Bonchev–Trinajstić information content (AvgIpc) is 2.55. The summed E-state index contributed by atoms with van der Waals surface area (Å²) in [7, 11) is -3.17. The Balaban J connectivity index is 2.27. The molecule has 0 aliphatic carbocycles. The van der Waals surface area contributed by atoms with Crippen LogP contribution in [0.2, 0.25) is 0 Å². The summed E-state index contributed by atoms with van der Waals surface area (Å²) < 4.78 is 26.0. The van der Waals surface area contributed by atoms with Crippen LogP contribution >= 0.6 is 0 Å². The molecule has 0 spiro atoms. The minimum absolute atomic E-state index is 0.193. The third kappa shape index (κ3) is 3.17. The van der Waals surface area contributed by atoms with E-state index < -0.39 is 10.0 Å². The summed E-state index contributed by atoms with van der Waals surface area (Å²) in [5.41, 5.74) is 1.35. The normalized spacial score (nSPS) is 20.0. The molecule has 0 atom stereocenters. The van der Waals surface area contributed by atoms with Gasteiger partial charge in [0.2, 0.25) is 10.0 Å². The number of nitrogens with zero attached hydrogens (tertiary/aromatic N) is 2. The molecular weight excluding hydrogens is 300 g/mol. The predicted molar refractivity (Wildman–Crippen MR) is 87.9 cm³/mol. The van der Waals surface area contributed by atoms with E-state index in [1.807, 2.05) is 44.2 Å². The van der Waals surface area contributed by atoms with E-state index in [2.05, 4.69) is 5.16 Å². The first-order valence-corrected chi connectivity index (χ1v) is 9.29. The van der Waals surface area contributed by atoms with Crippen molar-refractivity contribution in [1.82, 2.24) is 4.31 Å². The molecule has 122 valence electrons. The first kappa shape index (κ1) is 17.0. The fraction of sp³-hybridized carbons (Fsp3) is 0.562. The number of sulfonamides is 1. The van der Waals surface area contributed by atoms with Gasteiger partial charge < -0.3 is 5.21 Å². The summed E-state index contributed by atoms with van der Waals surface area (Å²) in [6.45, 7) is 4.61. The van der Waals surface area contributed by atoms with Gasteiger partial charge in [0, 0.05) is 18.5 Å². The maximum atomic E-state index is 12.2. The van der Waals surface area contributed by atoms with Gasteiger partial charge in [-0.15, -0.1) is 0 Å². The van der Waals surface area contributed by atoms with Gasteiger partial charge in [-0.1, -0.05) is 42.4 Å². The number of rotatable bonds is 5. The molecule has 0 saturated carbocycles. The van der Waals surface area contributed by atoms with Crippen LogP contribution in [0.5, 0.6) is 0 Å². The zero-order valence-corrected chi connectivity index (χ0v) is 14.0. The molecule has 6 heteroatoms. The molecule has 1 aromatic rings. The minimum atomic E-state index is -3.17. The maximum absolute atomic E-state index is 12.2. The zero-order chi connectivity index (χ0) is 16.2. The van der Waals surface area contributed by atoms with E-state index in [4.69, 9.17) is 0 Å². The molecule has 1 aliphatic rings. The molecule has 1 saturated heterocycles. The third-order valence-corrected chi connectivity index (χ3v) is 6.68. The van der Waals surface area contributed by atoms with E-state index >= 15 is 0 Å². The van der Waals surface area contributed by atoms with Gasteiger partial charge in [0.25, 0.3) is 0 Å². The maximum Gasteiger partial charge on any atom is 0.214 e. The highest BCUT2D eigenvalue weighted by Gasteiger charge is 2.41. The van der Waals surface area contributed by atoms with E-state index in [1.54, 1.807) is 4.31 Å². The van der Waals surface area contributed by atoms with Gasteiger partial charge in [-0.25, -0.2) is 12.7 Å². The molecule has 0 radical (unpaired) electrons. The van der Waals surface area contributed by atoms with Crippen LogP contribution in [0.25, 0.3) is 0 Å². The van der Waals surface area contributed by atoms with Crippen molar-refractivity contribution in [2.24, 2.45) is 5.16 Å². The van der Waals surface area contributed by atoms with Gasteiger partial charge in [0.05, 0.1) is 11.5 Å². The van der Waals surface area contributed by atoms with Gasteiger partial charge in [0.15, 0.2) is 0 Å². The summed E-state index contributed by atoms with van der Waals surface area (Å²) in [6, 6.07) is 9.91. The van der Waals surface area contributed by atoms with Crippen LogP contribution in [-0.2, 0) is 15.4 Å². The molecule has 1 aliphatic heterocycles. The molecule has 0 unspecified atom stereocenters. The fourth-order valence-electron chi connectivity index (χ4n) is 3.25. The first-order chi connectivity index (χ1) is 10.5. The smallest absolute Gasteiger partial charge is 0.214 e. The lowest BCUT2D eigenvalue weighted by atomic mass is 9.70. The van der Waals surface area contributed by atoms with Crippen molar-refractivity contribution in [2.75, 3.05) is 18.8 Å². The molecule has 0 aromatic heterocycles. The van der Waals surface area contributed by atoms with Crippen molar-refractivity contribution < 1.29 is 13.6 Å². The van der Waals surface area contributed by atoms with E-state index in [-0.39, 0.29) is 11.2 Å². The Hall–Kier alpha value is -1.40. The molecule has 0 amide bonds. The molecular formula is C16H24N2O3S. The molecule has 1 fully saturated rings. The zero-order valence-electron chi connectivity index (χ0n) is 13.2. The number of piperidine rings is 1.